The summed E-state index contributed by atoms with van der Waals surface area (Å²) < 4.78 is 26.6. The Balaban J connectivity index is 2.70. The minimum absolute atomic E-state index is 0.00241. The van der Waals surface area contributed by atoms with Crippen molar-refractivity contribution in [2.24, 2.45) is 0 Å². The molecule has 2 rings (SSSR count). The Labute approximate surface area is 95.4 Å². The number of rotatable bonds is 2. The van der Waals surface area contributed by atoms with Gasteiger partial charge in [-0.25, -0.2) is 13.6 Å². The van der Waals surface area contributed by atoms with Crippen LogP contribution in [-0.4, -0.2) is 16.1 Å². The van der Waals surface area contributed by atoms with Crippen LogP contribution >= 0.6 is 0 Å². The second kappa shape index (κ2) is 4.29. The van der Waals surface area contributed by atoms with Crippen molar-refractivity contribution in [3.63, 3.8) is 0 Å². The third kappa shape index (κ3) is 2.13. The number of carboxylic acid groups (broad SMARTS) is 1. The number of carboxylic acids is 1. The topological polar surface area (TPSA) is 50.2 Å². The molecule has 86 valence electrons. The van der Waals surface area contributed by atoms with Gasteiger partial charge in [0, 0.05) is 17.3 Å². The summed E-state index contributed by atoms with van der Waals surface area (Å²) in [4.78, 5) is 14.5. The third-order valence-electron chi connectivity index (χ3n) is 2.27. The molecule has 3 nitrogen and oxygen atoms in total. The highest BCUT2D eigenvalue weighted by molar-refractivity contribution is 5.96. The number of aromatic nitrogens is 1. The van der Waals surface area contributed by atoms with Crippen molar-refractivity contribution in [1.29, 1.82) is 0 Å². The Bertz CT molecular complexity index is 584. The molecular formula is C12H7F2NO2. The van der Waals surface area contributed by atoms with Gasteiger partial charge in [0.2, 0.25) is 0 Å². The molecule has 0 radical (unpaired) electrons. The van der Waals surface area contributed by atoms with Crippen molar-refractivity contribution >= 4 is 5.97 Å². The average molecular weight is 235 g/mol. The van der Waals surface area contributed by atoms with Gasteiger partial charge in [0.05, 0.1) is 11.8 Å². The summed E-state index contributed by atoms with van der Waals surface area (Å²) in [5.74, 6) is -2.56. The van der Waals surface area contributed by atoms with Gasteiger partial charge in [-0.05, 0) is 24.3 Å². The Morgan fingerprint density at radius 3 is 2.59 bits per heavy atom. The minimum atomic E-state index is -1.24. The van der Waals surface area contributed by atoms with E-state index in [1.165, 1.54) is 12.3 Å². The first-order valence-electron chi connectivity index (χ1n) is 4.72. The van der Waals surface area contributed by atoms with E-state index in [-0.39, 0.29) is 16.7 Å². The summed E-state index contributed by atoms with van der Waals surface area (Å²) in [5.41, 5.74) is -0.147. The van der Waals surface area contributed by atoms with Crippen LogP contribution in [0.25, 0.3) is 11.1 Å². The first-order chi connectivity index (χ1) is 8.09. The lowest BCUT2D eigenvalue weighted by Crippen LogP contribution is -2.01. The maximum absolute atomic E-state index is 13.5. The number of nitrogens with zero attached hydrogens (tertiary/aromatic N) is 1. The van der Waals surface area contributed by atoms with Gasteiger partial charge in [-0.1, -0.05) is 0 Å². The summed E-state index contributed by atoms with van der Waals surface area (Å²) in [6.07, 6.45) is 2.26. The predicted molar refractivity (Wildman–Crippen MR) is 56.5 cm³/mol. The van der Waals surface area contributed by atoms with Gasteiger partial charge in [-0.3, -0.25) is 4.98 Å². The van der Waals surface area contributed by atoms with E-state index in [0.717, 1.165) is 24.4 Å². The quantitative estimate of drug-likeness (QED) is 0.870. The number of benzene rings is 1. The molecule has 1 heterocycles. The van der Waals surface area contributed by atoms with Crippen molar-refractivity contribution in [3.8, 4) is 11.1 Å². The second-order valence-electron chi connectivity index (χ2n) is 3.35. The van der Waals surface area contributed by atoms with Gasteiger partial charge in [0.25, 0.3) is 0 Å². The molecule has 1 N–H and O–H groups in total. The lowest BCUT2D eigenvalue weighted by molar-refractivity contribution is 0.0697. The molecule has 0 aliphatic rings. The Hall–Kier alpha value is -2.30. The van der Waals surface area contributed by atoms with Crippen molar-refractivity contribution in [3.05, 3.63) is 53.9 Å². The van der Waals surface area contributed by atoms with Crippen LogP contribution in [0, 0.1) is 11.6 Å². The van der Waals surface area contributed by atoms with Gasteiger partial charge in [-0.2, -0.15) is 0 Å². The van der Waals surface area contributed by atoms with E-state index < -0.39 is 17.6 Å². The van der Waals surface area contributed by atoms with Crippen molar-refractivity contribution < 1.29 is 18.7 Å². The zero-order chi connectivity index (χ0) is 12.4. The van der Waals surface area contributed by atoms with Gasteiger partial charge in [-0.15, -0.1) is 0 Å². The zero-order valence-corrected chi connectivity index (χ0v) is 8.52. The van der Waals surface area contributed by atoms with Crippen LogP contribution in [0.5, 0.6) is 0 Å². The van der Waals surface area contributed by atoms with Crippen LogP contribution in [0.4, 0.5) is 8.78 Å². The Morgan fingerprint density at radius 2 is 1.94 bits per heavy atom. The van der Waals surface area contributed by atoms with E-state index in [9.17, 15) is 13.6 Å². The number of carbonyl (C=O) groups is 1. The molecule has 0 bridgehead atoms. The first kappa shape index (κ1) is 11.2. The largest absolute Gasteiger partial charge is 0.478 e. The molecule has 0 saturated carbocycles. The molecule has 0 aliphatic carbocycles. The molecule has 0 aliphatic heterocycles. The van der Waals surface area contributed by atoms with Gasteiger partial charge >= 0.3 is 5.97 Å². The summed E-state index contributed by atoms with van der Waals surface area (Å²) in [6, 6.07) is 4.41. The van der Waals surface area contributed by atoms with Crippen LogP contribution < -0.4 is 0 Å². The molecule has 0 spiro atoms. The second-order valence-corrected chi connectivity index (χ2v) is 3.35. The summed E-state index contributed by atoms with van der Waals surface area (Å²) in [5, 5.41) is 8.95. The molecule has 0 saturated heterocycles. The molecule has 0 amide bonds. The molecule has 5 heteroatoms. The van der Waals surface area contributed by atoms with Crippen molar-refractivity contribution in [2.45, 2.75) is 0 Å². The molecule has 2 aromatic rings. The Morgan fingerprint density at radius 1 is 1.18 bits per heavy atom. The van der Waals surface area contributed by atoms with Crippen LogP contribution in [0.1, 0.15) is 10.4 Å². The zero-order valence-electron chi connectivity index (χ0n) is 8.52. The molecule has 1 aromatic heterocycles. The molecule has 1 aromatic carbocycles. The molecule has 17 heavy (non-hydrogen) atoms. The number of halogens is 2. The Kier molecular flexibility index (Phi) is 2.82. The molecule has 0 atom stereocenters. The smallest absolute Gasteiger partial charge is 0.336 e. The average Bonchev–Trinajstić information content (AvgIpc) is 2.29. The molecule has 0 fully saturated rings. The molecular weight excluding hydrogens is 228 g/mol. The van der Waals surface area contributed by atoms with Crippen LogP contribution in [0.15, 0.2) is 36.7 Å². The van der Waals surface area contributed by atoms with Gasteiger partial charge in [0.15, 0.2) is 0 Å². The first-order valence-corrected chi connectivity index (χ1v) is 4.72. The fraction of sp³-hybridized carbons (Fsp3) is 0. The summed E-state index contributed by atoms with van der Waals surface area (Å²) >= 11 is 0. The number of hydrogen-bond acceptors (Lipinski definition) is 2. The highest BCUT2D eigenvalue weighted by Gasteiger charge is 2.15. The lowest BCUT2D eigenvalue weighted by atomic mass is 10.00. The minimum Gasteiger partial charge on any atom is -0.478 e. The van der Waals surface area contributed by atoms with E-state index in [4.69, 9.17) is 5.11 Å². The maximum Gasteiger partial charge on any atom is 0.336 e. The SMILES string of the molecule is O=C(O)c1ccc(F)cc1-c1ccncc1F. The monoisotopic (exact) mass is 235 g/mol. The normalized spacial score (nSPS) is 10.2. The summed E-state index contributed by atoms with van der Waals surface area (Å²) in [6.45, 7) is 0. The maximum atomic E-state index is 13.5. The van der Waals surface area contributed by atoms with Crippen LogP contribution in [0.3, 0.4) is 0 Å². The fourth-order valence-electron chi connectivity index (χ4n) is 1.52. The number of pyridine rings is 1. The summed E-state index contributed by atoms with van der Waals surface area (Å²) in [7, 11) is 0. The third-order valence-corrected chi connectivity index (χ3v) is 2.27. The predicted octanol–water partition coefficient (Wildman–Crippen LogP) is 2.73. The van der Waals surface area contributed by atoms with E-state index in [2.05, 4.69) is 4.98 Å². The lowest BCUT2D eigenvalue weighted by Gasteiger charge is -2.07. The van der Waals surface area contributed by atoms with E-state index >= 15 is 0 Å². The standard InChI is InChI=1S/C12H7F2NO2/c13-7-1-2-9(12(16)17)10(5-7)8-3-4-15-6-11(8)14/h1-6H,(H,16,17). The van der Waals surface area contributed by atoms with E-state index in [0.29, 0.717) is 0 Å². The van der Waals surface area contributed by atoms with E-state index in [1.54, 1.807) is 0 Å². The van der Waals surface area contributed by atoms with Gasteiger partial charge in [0.1, 0.15) is 11.6 Å². The molecule has 0 unspecified atom stereocenters. The highest BCUT2D eigenvalue weighted by atomic mass is 19.1. The number of aromatic carboxylic acids is 1. The van der Waals surface area contributed by atoms with Crippen molar-refractivity contribution in [2.75, 3.05) is 0 Å². The van der Waals surface area contributed by atoms with E-state index in [1.807, 2.05) is 0 Å². The number of hydrogen-bond donors (Lipinski definition) is 1. The highest BCUT2D eigenvalue weighted by Crippen LogP contribution is 2.26. The van der Waals surface area contributed by atoms with Crippen LogP contribution in [0.2, 0.25) is 0 Å². The van der Waals surface area contributed by atoms with Crippen molar-refractivity contribution in [1.82, 2.24) is 4.98 Å². The van der Waals surface area contributed by atoms with Gasteiger partial charge < -0.3 is 5.11 Å². The fourth-order valence-corrected chi connectivity index (χ4v) is 1.52. The van der Waals surface area contributed by atoms with Crippen LogP contribution in [-0.2, 0) is 0 Å².